The average Bonchev–Trinajstić information content (AvgIpc) is 3.44. The number of nitrogens with zero attached hydrogens (tertiary/aromatic N) is 6. The summed E-state index contributed by atoms with van der Waals surface area (Å²) in [6.45, 7) is 3.30. The minimum Gasteiger partial charge on any atom is -0.463 e. The second-order valence-corrected chi connectivity index (χ2v) is 9.37. The van der Waals surface area contributed by atoms with Gasteiger partial charge in [-0.25, -0.2) is 15.2 Å². The van der Waals surface area contributed by atoms with Crippen LogP contribution < -0.4 is 16.5 Å². The fraction of sp³-hybridized carbons (Fsp3) is 0.609. The van der Waals surface area contributed by atoms with Crippen molar-refractivity contribution in [1.29, 1.82) is 0 Å². The van der Waals surface area contributed by atoms with E-state index in [1.54, 1.807) is 0 Å². The van der Waals surface area contributed by atoms with E-state index in [4.69, 9.17) is 24.7 Å². The molecule has 2 aromatic rings. The topological polar surface area (TPSA) is 224 Å². The number of imidazole rings is 1. The third-order valence-electron chi connectivity index (χ3n) is 6.28. The number of hydrogen-bond acceptors (Lipinski definition) is 14. The van der Waals surface area contributed by atoms with Crippen molar-refractivity contribution in [1.82, 2.24) is 30.3 Å². The predicted octanol–water partition coefficient (Wildman–Crippen LogP) is 1.36. The molecule has 1 saturated heterocycles. The van der Waals surface area contributed by atoms with Gasteiger partial charge in [-0.1, -0.05) is 29.6 Å². The number of aromatic nitrogens is 4. The molecule has 40 heavy (non-hydrogen) atoms. The summed E-state index contributed by atoms with van der Waals surface area (Å²) < 4.78 is 23.3. The lowest BCUT2D eigenvalue weighted by Gasteiger charge is -2.23. The lowest BCUT2D eigenvalue weighted by atomic mass is 9.96. The molecule has 4 N–H and O–H groups in total. The van der Waals surface area contributed by atoms with Gasteiger partial charge in [0.25, 0.3) is 5.95 Å². The van der Waals surface area contributed by atoms with Crippen LogP contribution >= 0.6 is 0 Å². The van der Waals surface area contributed by atoms with E-state index in [1.165, 1.54) is 31.7 Å². The van der Waals surface area contributed by atoms with Gasteiger partial charge in [-0.2, -0.15) is 9.97 Å². The summed E-state index contributed by atoms with van der Waals surface area (Å²) in [6, 6.07) is -0.424. The van der Waals surface area contributed by atoms with Gasteiger partial charge in [0.05, 0.1) is 6.33 Å². The van der Waals surface area contributed by atoms with Gasteiger partial charge >= 0.3 is 23.9 Å². The molecule has 1 aliphatic heterocycles. The number of carbonyl (C=O) groups is 4. The summed E-state index contributed by atoms with van der Waals surface area (Å²) in [5, 5.41) is 10.3. The molecule has 2 amide bonds. The van der Waals surface area contributed by atoms with E-state index in [0.717, 1.165) is 32.1 Å². The lowest BCUT2D eigenvalue weighted by Crippen LogP contribution is -2.40. The van der Waals surface area contributed by atoms with Gasteiger partial charge in [-0.15, -0.1) is 0 Å². The van der Waals surface area contributed by atoms with Crippen LogP contribution in [0.15, 0.2) is 16.7 Å². The van der Waals surface area contributed by atoms with E-state index in [-0.39, 0.29) is 35.6 Å². The molecular formula is C23H31N9O8. The first-order valence-corrected chi connectivity index (χ1v) is 12.7. The van der Waals surface area contributed by atoms with Gasteiger partial charge in [0.1, 0.15) is 18.2 Å². The van der Waals surface area contributed by atoms with Crippen molar-refractivity contribution < 1.29 is 38.1 Å². The van der Waals surface area contributed by atoms with Crippen LogP contribution in [0.5, 0.6) is 0 Å². The number of urea groups is 1. The minimum absolute atomic E-state index is 0.0422. The molecule has 0 aromatic carbocycles. The molecule has 2 aromatic heterocycles. The molecule has 0 radical (unpaired) electrons. The smallest absolute Gasteiger partial charge is 0.336 e. The molecule has 0 bridgehead atoms. The number of rotatable bonds is 8. The lowest BCUT2D eigenvalue weighted by molar-refractivity contribution is -0.166. The van der Waals surface area contributed by atoms with Crippen molar-refractivity contribution in [2.45, 2.75) is 83.5 Å². The van der Waals surface area contributed by atoms with Crippen molar-refractivity contribution in [3.8, 4) is 0 Å². The Bertz CT molecular complexity index is 1290. The molecule has 216 valence electrons. The number of nitrogen functional groups attached to an aromatic ring is 1. The number of carbonyl (C=O) groups excluding carboxylic acids is 4. The van der Waals surface area contributed by atoms with E-state index < -0.39 is 48.5 Å². The van der Waals surface area contributed by atoms with Crippen LogP contribution in [0.3, 0.4) is 0 Å². The Labute approximate surface area is 228 Å². The van der Waals surface area contributed by atoms with Crippen molar-refractivity contribution in [2.75, 3.05) is 12.3 Å². The van der Waals surface area contributed by atoms with Crippen LogP contribution in [0.25, 0.3) is 11.2 Å². The van der Waals surface area contributed by atoms with E-state index in [2.05, 4.69) is 36.0 Å². The fourth-order valence-electron chi connectivity index (χ4n) is 4.65. The zero-order valence-electron chi connectivity index (χ0n) is 22.2. The summed E-state index contributed by atoms with van der Waals surface area (Å²) in [5.74, 6) is -2.15. The number of esters is 3. The van der Waals surface area contributed by atoms with Crippen LogP contribution in [-0.4, -0.2) is 74.4 Å². The molecule has 2 aliphatic rings. The first-order valence-electron chi connectivity index (χ1n) is 12.7. The van der Waals surface area contributed by atoms with Gasteiger partial charge in [0.2, 0.25) is 0 Å². The molecule has 0 spiro atoms. The first-order chi connectivity index (χ1) is 19.1. The Kier molecular flexibility index (Phi) is 9.03. The predicted molar refractivity (Wildman–Crippen MR) is 134 cm³/mol. The zero-order chi connectivity index (χ0) is 28.8. The maximum Gasteiger partial charge on any atom is 0.336 e. The highest BCUT2D eigenvalue weighted by Crippen LogP contribution is 2.36. The standard InChI is InChI=1S/C23H31N9O8/c1-11(33)37-9-15-17(38-12(2)34)18(39-13(3)35)21(40-15)32-10-25-16-19(24)27-22(28-20(16)32)29-31-30-23(36)26-14-7-5-4-6-8-14/h10,14-15,17-18,21H,4-9H2,1-3H3,(H4,24,26,27,28,29,30,36)/t15-,17-,18-,21-/m1/s1. The number of amides is 2. The molecule has 1 aliphatic carbocycles. The van der Waals surface area contributed by atoms with E-state index in [0.29, 0.717) is 0 Å². The fourth-order valence-corrected chi connectivity index (χ4v) is 4.65. The summed E-state index contributed by atoms with van der Waals surface area (Å²) in [5.41, 5.74) is 8.65. The molecule has 0 unspecified atom stereocenters. The van der Waals surface area contributed by atoms with Crippen LogP contribution in [0, 0.1) is 0 Å². The van der Waals surface area contributed by atoms with E-state index in [9.17, 15) is 19.2 Å². The molecule has 3 heterocycles. The highest BCUT2D eigenvalue weighted by atomic mass is 16.7. The minimum atomic E-state index is -1.16. The van der Waals surface area contributed by atoms with Gasteiger partial charge in [-0.3, -0.25) is 19.0 Å². The Balaban J connectivity index is 1.58. The summed E-state index contributed by atoms with van der Waals surface area (Å²) in [6.07, 6.45) is 2.03. The molecule has 2 fully saturated rings. The normalized spacial score (nSPS) is 23.2. The molecule has 1 saturated carbocycles. The van der Waals surface area contributed by atoms with Crippen molar-refractivity contribution >= 4 is 46.9 Å². The second kappa shape index (κ2) is 12.6. The number of nitrogens with two attached hydrogens (primary N) is 1. The van der Waals surface area contributed by atoms with Crippen LogP contribution in [0.1, 0.15) is 59.1 Å². The molecule has 4 rings (SSSR count). The second-order valence-electron chi connectivity index (χ2n) is 9.37. The maximum atomic E-state index is 12.1. The number of ether oxygens (including phenoxy) is 4. The number of fused-ring (bicyclic) bond motifs is 1. The molecule has 17 heteroatoms. The number of hydrogen-bond donors (Lipinski definition) is 3. The quantitative estimate of drug-likeness (QED) is 0.180. The summed E-state index contributed by atoms with van der Waals surface area (Å²) in [4.78, 5) is 59.9. The Morgan fingerprint density at radius 1 is 1.05 bits per heavy atom. The number of nitrogens with one attached hydrogen (secondary N) is 2. The SMILES string of the molecule is CC(=O)OC[C@H]1O[C@@H](n2cnc3c(N)nc(/N=N/NC(=O)NC4CCCCC4)nc32)[C@H](OC(C)=O)[C@@H]1OC(C)=O. The van der Waals surface area contributed by atoms with Gasteiger partial charge in [0, 0.05) is 26.8 Å². The van der Waals surface area contributed by atoms with E-state index in [1.807, 2.05) is 0 Å². The van der Waals surface area contributed by atoms with Gasteiger partial charge < -0.3 is 30.0 Å². The monoisotopic (exact) mass is 561 g/mol. The van der Waals surface area contributed by atoms with Crippen LogP contribution in [0.4, 0.5) is 16.6 Å². The van der Waals surface area contributed by atoms with Crippen LogP contribution in [0.2, 0.25) is 0 Å². The third kappa shape index (κ3) is 6.96. The number of anilines is 1. The van der Waals surface area contributed by atoms with Crippen molar-refractivity contribution in [2.24, 2.45) is 10.3 Å². The first kappa shape index (κ1) is 28.6. The van der Waals surface area contributed by atoms with Gasteiger partial charge in [-0.05, 0) is 12.8 Å². The highest BCUT2D eigenvalue weighted by molar-refractivity contribution is 5.82. The van der Waals surface area contributed by atoms with Crippen LogP contribution in [-0.2, 0) is 33.3 Å². The average molecular weight is 562 g/mol. The summed E-state index contributed by atoms with van der Waals surface area (Å²) >= 11 is 0. The Hall–Kier alpha value is -4.41. The zero-order valence-corrected chi connectivity index (χ0v) is 22.2. The van der Waals surface area contributed by atoms with Crippen molar-refractivity contribution in [3.05, 3.63) is 6.33 Å². The summed E-state index contributed by atoms with van der Waals surface area (Å²) in [7, 11) is 0. The van der Waals surface area contributed by atoms with Crippen molar-refractivity contribution in [3.63, 3.8) is 0 Å². The highest BCUT2D eigenvalue weighted by Gasteiger charge is 2.51. The van der Waals surface area contributed by atoms with E-state index >= 15 is 0 Å². The third-order valence-corrected chi connectivity index (χ3v) is 6.28. The largest absolute Gasteiger partial charge is 0.463 e. The molecule has 4 atom stereocenters. The maximum absolute atomic E-state index is 12.1. The molecular weight excluding hydrogens is 530 g/mol. The Morgan fingerprint density at radius 2 is 1.75 bits per heavy atom. The Morgan fingerprint density at radius 3 is 2.42 bits per heavy atom. The van der Waals surface area contributed by atoms with Gasteiger partial charge in [0.15, 0.2) is 29.9 Å². The molecule has 17 nitrogen and oxygen atoms in total.